The van der Waals surface area contributed by atoms with Gasteiger partial charge in [0.25, 0.3) is 5.88 Å². The van der Waals surface area contributed by atoms with Gasteiger partial charge in [0.2, 0.25) is 0 Å². The lowest BCUT2D eigenvalue weighted by Gasteiger charge is -2.10. The Bertz CT molecular complexity index is 623. The molecule has 112 valence electrons. The summed E-state index contributed by atoms with van der Waals surface area (Å²) in [6, 6.07) is 5.78. The summed E-state index contributed by atoms with van der Waals surface area (Å²) in [4.78, 5) is 3.83. The summed E-state index contributed by atoms with van der Waals surface area (Å²) in [5, 5.41) is 3.10. The molecular weight excluding hydrogens is 342 g/mol. The standard InChI is InChI=1S/C15H15BrF2N2O/c1-2-6-19-9-10-5-7-20-15(14(10)18)21-13-8-11(16)3-4-12(13)17/h3-5,7-8,19H,2,6,9H2,1H3. The quantitative estimate of drug-likeness (QED) is 0.778. The van der Waals surface area contributed by atoms with Crippen molar-refractivity contribution < 1.29 is 13.5 Å². The van der Waals surface area contributed by atoms with Crippen LogP contribution in [0.3, 0.4) is 0 Å². The Morgan fingerprint density at radius 1 is 1.29 bits per heavy atom. The average Bonchev–Trinajstić information content (AvgIpc) is 2.47. The van der Waals surface area contributed by atoms with Crippen LogP contribution in [0.1, 0.15) is 18.9 Å². The first-order chi connectivity index (χ1) is 10.1. The molecule has 1 aromatic heterocycles. The molecule has 0 spiro atoms. The summed E-state index contributed by atoms with van der Waals surface area (Å²) in [5.74, 6) is -1.47. The minimum Gasteiger partial charge on any atom is -0.433 e. The molecule has 6 heteroatoms. The molecule has 0 amide bonds. The second-order valence-corrected chi connectivity index (χ2v) is 5.36. The lowest BCUT2D eigenvalue weighted by Crippen LogP contribution is -2.15. The van der Waals surface area contributed by atoms with Crippen LogP contribution in [-0.4, -0.2) is 11.5 Å². The van der Waals surface area contributed by atoms with Crippen molar-refractivity contribution in [3.8, 4) is 11.6 Å². The summed E-state index contributed by atoms with van der Waals surface area (Å²) in [6.07, 6.45) is 2.40. The number of hydrogen-bond acceptors (Lipinski definition) is 3. The molecule has 21 heavy (non-hydrogen) atoms. The third-order valence-corrected chi connectivity index (χ3v) is 3.27. The summed E-state index contributed by atoms with van der Waals surface area (Å²) in [7, 11) is 0. The van der Waals surface area contributed by atoms with E-state index in [1.165, 1.54) is 24.4 Å². The zero-order valence-electron chi connectivity index (χ0n) is 11.5. The van der Waals surface area contributed by atoms with E-state index in [9.17, 15) is 8.78 Å². The number of aromatic nitrogens is 1. The highest BCUT2D eigenvalue weighted by Crippen LogP contribution is 2.28. The number of rotatable bonds is 6. The van der Waals surface area contributed by atoms with Crippen molar-refractivity contribution in [1.82, 2.24) is 10.3 Å². The SMILES string of the molecule is CCCNCc1ccnc(Oc2cc(Br)ccc2F)c1F. The third kappa shape index (κ3) is 4.22. The highest BCUT2D eigenvalue weighted by atomic mass is 79.9. The van der Waals surface area contributed by atoms with E-state index in [-0.39, 0.29) is 11.6 Å². The van der Waals surface area contributed by atoms with Crippen molar-refractivity contribution in [3.63, 3.8) is 0 Å². The molecule has 1 aromatic carbocycles. The average molecular weight is 357 g/mol. The molecule has 2 rings (SSSR count). The van der Waals surface area contributed by atoms with Crippen LogP contribution in [0.5, 0.6) is 11.6 Å². The molecule has 1 heterocycles. The van der Waals surface area contributed by atoms with Gasteiger partial charge >= 0.3 is 0 Å². The second-order valence-electron chi connectivity index (χ2n) is 4.44. The predicted molar refractivity (Wildman–Crippen MR) is 80.4 cm³/mol. The van der Waals surface area contributed by atoms with E-state index in [0.717, 1.165) is 13.0 Å². The van der Waals surface area contributed by atoms with Gasteiger partial charge < -0.3 is 10.1 Å². The molecule has 0 atom stereocenters. The molecule has 0 unspecified atom stereocenters. The maximum Gasteiger partial charge on any atom is 0.256 e. The van der Waals surface area contributed by atoms with Gasteiger partial charge in [0.15, 0.2) is 17.4 Å². The van der Waals surface area contributed by atoms with Crippen LogP contribution in [0.25, 0.3) is 0 Å². The van der Waals surface area contributed by atoms with Crippen LogP contribution in [0.15, 0.2) is 34.9 Å². The minimum atomic E-state index is -0.583. The molecule has 0 saturated heterocycles. The molecule has 2 aromatic rings. The van der Waals surface area contributed by atoms with Crippen molar-refractivity contribution in [2.75, 3.05) is 6.54 Å². The van der Waals surface area contributed by atoms with Gasteiger partial charge in [0, 0.05) is 22.8 Å². The lowest BCUT2D eigenvalue weighted by atomic mass is 10.2. The van der Waals surface area contributed by atoms with Gasteiger partial charge in [-0.1, -0.05) is 22.9 Å². The Kier molecular flexibility index (Phi) is 5.64. The maximum absolute atomic E-state index is 14.3. The number of benzene rings is 1. The minimum absolute atomic E-state index is 0.0746. The zero-order chi connectivity index (χ0) is 15.2. The normalized spacial score (nSPS) is 10.7. The van der Waals surface area contributed by atoms with Gasteiger partial charge in [-0.2, -0.15) is 0 Å². The molecule has 0 radical (unpaired) electrons. The number of nitrogens with zero attached hydrogens (tertiary/aromatic N) is 1. The van der Waals surface area contributed by atoms with Crippen LogP contribution in [0.4, 0.5) is 8.78 Å². The van der Waals surface area contributed by atoms with E-state index in [0.29, 0.717) is 16.6 Å². The fraction of sp³-hybridized carbons (Fsp3) is 0.267. The Hall–Kier alpha value is -1.53. The Morgan fingerprint density at radius 3 is 2.86 bits per heavy atom. The first-order valence-electron chi connectivity index (χ1n) is 6.58. The van der Waals surface area contributed by atoms with Crippen molar-refractivity contribution in [3.05, 3.63) is 52.1 Å². The highest BCUT2D eigenvalue weighted by Gasteiger charge is 2.14. The van der Waals surface area contributed by atoms with E-state index >= 15 is 0 Å². The van der Waals surface area contributed by atoms with Gasteiger partial charge in [0.05, 0.1) is 0 Å². The summed E-state index contributed by atoms with van der Waals surface area (Å²) >= 11 is 3.21. The van der Waals surface area contributed by atoms with E-state index in [2.05, 4.69) is 26.2 Å². The first-order valence-corrected chi connectivity index (χ1v) is 7.38. The van der Waals surface area contributed by atoms with Crippen molar-refractivity contribution in [1.29, 1.82) is 0 Å². The number of nitrogens with one attached hydrogen (secondary N) is 1. The van der Waals surface area contributed by atoms with E-state index < -0.39 is 11.6 Å². The third-order valence-electron chi connectivity index (χ3n) is 2.78. The van der Waals surface area contributed by atoms with Crippen molar-refractivity contribution in [2.24, 2.45) is 0 Å². The fourth-order valence-electron chi connectivity index (χ4n) is 1.73. The molecule has 0 bridgehead atoms. The predicted octanol–water partition coefficient (Wildman–Crippen LogP) is 4.41. The molecule has 0 aliphatic carbocycles. The Labute approximate surface area is 130 Å². The van der Waals surface area contributed by atoms with Crippen molar-refractivity contribution in [2.45, 2.75) is 19.9 Å². The largest absolute Gasteiger partial charge is 0.433 e. The second kappa shape index (κ2) is 7.47. The van der Waals surface area contributed by atoms with Crippen LogP contribution in [0.2, 0.25) is 0 Å². The molecule has 0 saturated carbocycles. The lowest BCUT2D eigenvalue weighted by molar-refractivity contribution is 0.394. The molecule has 3 nitrogen and oxygen atoms in total. The maximum atomic E-state index is 14.3. The highest BCUT2D eigenvalue weighted by molar-refractivity contribution is 9.10. The first kappa shape index (κ1) is 15.9. The Morgan fingerprint density at radius 2 is 2.10 bits per heavy atom. The number of pyridine rings is 1. The van der Waals surface area contributed by atoms with Crippen molar-refractivity contribution >= 4 is 15.9 Å². The van der Waals surface area contributed by atoms with E-state index in [1.807, 2.05) is 6.92 Å². The number of halogens is 3. The topological polar surface area (TPSA) is 34.2 Å². The molecular formula is C15H15BrF2N2O. The van der Waals surface area contributed by atoms with Gasteiger partial charge in [-0.25, -0.2) is 13.8 Å². The van der Waals surface area contributed by atoms with Gasteiger partial charge in [-0.3, -0.25) is 0 Å². The number of hydrogen-bond donors (Lipinski definition) is 1. The summed E-state index contributed by atoms with van der Waals surface area (Å²) in [5.41, 5.74) is 0.434. The number of ether oxygens (including phenoxy) is 1. The van der Waals surface area contributed by atoms with Crippen LogP contribution in [-0.2, 0) is 6.54 Å². The Balaban J connectivity index is 2.20. The molecule has 1 N–H and O–H groups in total. The van der Waals surface area contributed by atoms with E-state index in [4.69, 9.17) is 4.74 Å². The molecule has 0 fully saturated rings. The van der Waals surface area contributed by atoms with E-state index in [1.54, 1.807) is 6.07 Å². The fourth-order valence-corrected chi connectivity index (χ4v) is 2.07. The van der Waals surface area contributed by atoms with Crippen LogP contribution >= 0.6 is 15.9 Å². The zero-order valence-corrected chi connectivity index (χ0v) is 13.1. The molecule has 0 aliphatic rings. The smallest absolute Gasteiger partial charge is 0.256 e. The van der Waals surface area contributed by atoms with Gasteiger partial charge in [-0.05, 0) is 37.2 Å². The molecule has 0 aliphatic heterocycles. The summed E-state index contributed by atoms with van der Waals surface area (Å²) in [6.45, 7) is 3.19. The van der Waals surface area contributed by atoms with Crippen LogP contribution in [0, 0.1) is 11.6 Å². The van der Waals surface area contributed by atoms with Gasteiger partial charge in [0.1, 0.15) is 0 Å². The van der Waals surface area contributed by atoms with Gasteiger partial charge in [-0.15, -0.1) is 0 Å². The monoisotopic (exact) mass is 356 g/mol. The summed E-state index contributed by atoms with van der Waals surface area (Å²) < 4.78 is 33.8. The van der Waals surface area contributed by atoms with Crippen LogP contribution < -0.4 is 10.1 Å².